The van der Waals surface area contributed by atoms with Gasteiger partial charge in [0.15, 0.2) is 0 Å². The van der Waals surface area contributed by atoms with Gasteiger partial charge in [0.25, 0.3) is 0 Å². The highest BCUT2D eigenvalue weighted by molar-refractivity contribution is 5.94. The summed E-state index contributed by atoms with van der Waals surface area (Å²) in [6.07, 6.45) is 4.76. The van der Waals surface area contributed by atoms with Crippen molar-refractivity contribution < 1.29 is 19.1 Å². The van der Waals surface area contributed by atoms with Crippen molar-refractivity contribution >= 4 is 17.5 Å². The lowest BCUT2D eigenvalue weighted by atomic mass is 10.0. The fourth-order valence-corrected chi connectivity index (χ4v) is 2.62. The van der Waals surface area contributed by atoms with Crippen molar-refractivity contribution in [1.82, 2.24) is 10.7 Å². The Hall–Kier alpha value is -1.73. The molecule has 1 fully saturated rings. The summed E-state index contributed by atoms with van der Waals surface area (Å²) < 4.78 is 11.3. The van der Waals surface area contributed by atoms with Gasteiger partial charge in [0.2, 0.25) is 11.8 Å². The fourth-order valence-electron chi connectivity index (χ4n) is 2.62. The van der Waals surface area contributed by atoms with Crippen molar-refractivity contribution in [2.24, 2.45) is 5.10 Å². The number of ether oxygens (including phenoxy) is 2. The van der Waals surface area contributed by atoms with Crippen LogP contribution in [0.2, 0.25) is 0 Å². The van der Waals surface area contributed by atoms with E-state index in [-0.39, 0.29) is 24.0 Å². The molecule has 0 aromatic carbocycles. The van der Waals surface area contributed by atoms with Crippen molar-refractivity contribution in [2.75, 3.05) is 19.8 Å². The number of carbonyl (C=O) groups excluding carboxylic acids is 2. The van der Waals surface area contributed by atoms with Crippen LogP contribution in [0.3, 0.4) is 0 Å². The third-order valence-electron chi connectivity index (χ3n) is 4.06. The second kappa shape index (κ2) is 9.54. The van der Waals surface area contributed by atoms with Crippen molar-refractivity contribution in [2.45, 2.75) is 58.1 Å². The standard InChI is InChI=1S/C17H27N3O4/c1-12(2)7-10-24-15-8-9-23-11-14(15)18-16(21)5-3-13-4-6-17(22)20-19-13/h7,14-15H,3-6,8-11H2,1-2H3,(H,18,21)(H,20,22)/t14-,15+/m0/s1. The van der Waals surface area contributed by atoms with Crippen LogP contribution in [-0.4, -0.2) is 49.5 Å². The van der Waals surface area contributed by atoms with Crippen LogP contribution in [0.4, 0.5) is 0 Å². The first-order valence-electron chi connectivity index (χ1n) is 8.51. The predicted octanol–water partition coefficient (Wildman–Crippen LogP) is 1.29. The molecule has 0 aliphatic carbocycles. The molecule has 7 heteroatoms. The van der Waals surface area contributed by atoms with Gasteiger partial charge in [-0.3, -0.25) is 9.59 Å². The van der Waals surface area contributed by atoms with Crippen LogP contribution in [0.1, 0.15) is 46.0 Å². The maximum atomic E-state index is 12.2. The second-order valence-corrected chi connectivity index (χ2v) is 6.40. The molecule has 0 unspecified atom stereocenters. The first-order chi connectivity index (χ1) is 11.5. The van der Waals surface area contributed by atoms with E-state index in [0.29, 0.717) is 45.5 Å². The number of hydrazone groups is 1. The highest BCUT2D eigenvalue weighted by Crippen LogP contribution is 2.13. The maximum absolute atomic E-state index is 12.2. The second-order valence-electron chi connectivity index (χ2n) is 6.40. The van der Waals surface area contributed by atoms with Gasteiger partial charge >= 0.3 is 0 Å². The number of amides is 2. The minimum absolute atomic E-state index is 0.0235. The van der Waals surface area contributed by atoms with E-state index in [1.807, 2.05) is 19.9 Å². The van der Waals surface area contributed by atoms with Gasteiger partial charge in [0.1, 0.15) is 0 Å². The smallest absolute Gasteiger partial charge is 0.240 e. The molecule has 0 aromatic heterocycles. The van der Waals surface area contributed by atoms with Crippen molar-refractivity contribution in [3.63, 3.8) is 0 Å². The number of nitrogens with one attached hydrogen (secondary N) is 2. The Bertz CT molecular complexity index is 512. The molecule has 2 aliphatic rings. The highest BCUT2D eigenvalue weighted by atomic mass is 16.5. The average Bonchev–Trinajstić information content (AvgIpc) is 2.55. The van der Waals surface area contributed by atoms with Crippen molar-refractivity contribution in [1.29, 1.82) is 0 Å². The predicted molar refractivity (Wildman–Crippen MR) is 90.6 cm³/mol. The molecule has 2 heterocycles. The maximum Gasteiger partial charge on any atom is 0.240 e. The molecule has 2 aliphatic heterocycles. The fraction of sp³-hybridized carbons (Fsp3) is 0.706. The summed E-state index contributed by atoms with van der Waals surface area (Å²) in [7, 11) is 0. The van der Waals surface area contributed by atoms with Gasteiger partial charge in [0.05, 0.1) is 25.4 Å². The zero-order valence-electron chi connectivity index (χ0n) is 14.5. The summed E-state index contributed by atoms with van der Waals surface area (Å²) >= 11 is 0. The minimum Gasteiger partial charge on any atom is -0.379 e. The van der Waals surface area contributed by atoms with Crippen LogP contribution >= 0.6 is 0 Å². The van der Waals surface area contributed by atoms with Gasteiger partial charge in [-0.15, -0.1) is 0 Å². The Morgan fingerprint density at radius 2 is 2.29 bits per heavy atom. The van der Waals surface area contributed by atoms with Crippen LogP contribution in [-0.2, 0) is 19.1 Å². The number of rotatable bonds is 7. The van der Waals surface area contributed by atoms with Crippen molar-refractivity contribution in [3.05, 3.63) is 11.6 Å². The molecule has 2 rings (SSSR count). The Kier molecular flexibility index (Phi) is 7.39. The molecule has 0 bridgehead atoms. The van der Waals surface area contributed by atoms with Crippen LogP contribution in [0, 0.1) is 0 Å². The molecule has 0 radical (unpaired) electrons. The average molecular weight is 337 g/mol. The first-order valence-corrected chi connectivity index (χ1v) is 8.51. The minimum atomic E-state index is -0.121. The molecule has 134 valence electrons. The summed E-state index contributed by atoms with van der Waals surface area (Å²) in [5, 5.41) is 6.99. The highest BCUT2D eigenvalue weighted by Gasteiger charge is 2.27. The number of hydrogen-bond donors (Lipinski definition) is 2. The Labute approximate surface area is 142 Å². The van der Waals surface area contributed by atoms with Gasteiger partial charge in [-0.05, 0) is 33.1 Å². The van der Waals surface area contributed by atoms with Crippen LogP contribution in [0.5, 0.6) is 0 Å². The van der Waals surface area contributed by atoms with E-state index in [2.05, 4.69) is 15.8 Å². The number of carbonyl (C=O) groups is 2. The molecule has 2 N–H and O–H groups in total. The normalized spacial score (nSPS) is 23.9. The molecule has 2 amide bonds. The largest absolute Gasteiger partial charge is 0.379 e. The monoisotopic (exact) mass is 337 g/mol. The molecule has 2 atom stereocenters. The lowest BCUT2D eigenvalue weighted by molar-refractivity contribution is -0.125. The molecule has 24 heavy (non-hydrogen) atoms. The molecular weight excluding hydrogens is 310 g/mol. The summed E-state index contributed by atoms with van der Waals surface area (Å²) in [5.74, 6) is -0.111. The number of hydrogen-bond acceptors (Lipinski definition) is 5. The lowest BCUT2D eigenvalue weighted by Gasteiger charge is -2.32. The molecule has 0 saturated carbocycles. The van der Waals surface area contributed by atoms with Crippen LogP contribution in [0.15, 0.2) is 16.8 Å². The summed E-state index contributed by atoms with van der Waals surface area (Å²) in [4.78, 5) is 23.2. The van der Waals surface area contributed by atoms with Gasteiger partial charge in [0, 0.05) is 25.2 Å². The van der Waals surface area contributed by atoms with E-state index in [0.717, 1.165) is 12.1 Å². The molecule has 0 aromatic rings. The molecule has 1 saturated heterocycles. The first kappa shape index (κ1) is 18.6. The Morgan fingerprint density at radius 3 is 3.00 bits per heavy atom. The van der Waals surface area contributed by atoms with E-state index in [9.17, 15) is 9.59 Å². The van der Waals surface area contributed by atoms with Gasteiger partial charge in [-0.25, -0.2) is 5.43 Å². The van der Waals surface area contributed by atoms with E-state index in [1.165, 1.54) is 5.57 Å². The summed E-state index contributed by atoms with van der Waals surface area (Å²) in [6, 6.07) is -0.121. The van der Waals surface area contributed by atoms with E-state index < -0.39 is 0 Å². The van der Waals surface area contributed by atoms with Crippen LogP contribution in [0.25, 0.3) is 0 Å². The lowest BCUT2D eigenvalue weighted by Crippen LogP contribution is -2.50. The SMILES string of the molecule is CC(C)=CCO[C@@H]1CCOC[C@@H]1NC(=O)CCC1=NNC(=O)CC1. The molecule has 7 nitrogen and oxygen atoms in total. The van der Waals surface area contributed by atoms with Crippen LogP contribution < -0.4 is 10.7 Å². The molecular formula is C17H27N3O4. The van der Waals surface area contributed by atoms with E-state index in [1.54, 1.807) is 0 Å². The van der Waals surface area contributed by atoms with E-state index >= 15 is 0 Å². The van der Waals surface area contributed by atoms with Gasteiger partial charge in [-0.1, -0.05) is 11.6 Å². The summed E-state index contributed by atoms with van der Waals surface area (Å²) in [5.41, 5.74) is 4.52. The quantitative estimate of drug-likeness (QED) is 0.685. The van der Waals surface area contributed by atoms with Crippen molar-refractivity contribution in [3.8, 4) is 0 Å². The Morgan fingerprint density at radius 1 is 1.46 bits per heavy atom. The zero-order valence-corrected chi connectivity index (χ0v) is 14.5. The Balaban J connectivity index is 1.75. The third kappa shape index (κ3) is 6.41. The van der Waals surface area contributed by atoms with Gasteiger partial charge in [-0.2, -0.15) is 5.10 Å². The topological polar surface area (TPSA) is 89.0 Å². The van der Waals surface area contributed by atoms with Gasteiger partial charge < -0.3 is 14.8 Å². The number of allylic oxidation sites excluding steroid dienone is 1. The molecule has 0 spiro atoms. The summed E-state index contributed by atoms with van der Waals surface area (Å²) in [6.45, 7) is 5.74. The zero-order chi connectivity index (χ0) is 17.4. The third-order valence-corrected chi connectivity index (χ3v) is 4.06. The number of nitrogens with zero attached hydrogens (tertiary/aromatic N) is 1. The van der Waals surface area contributed by atoms with E-state index in [4.69, 9.17) is 9.47 Å².